The zero-order valence-corrected chi connectivity index (χ0v) is 13.2. The lowest BCUT2D eigenvalue weighted by Gasteiger charge is -2.23. The van der Waals surface area contributed by atoms with Crippen LogP contribution in [0.2, 0.25) is 0 Å². The standard InChI is InChI=1S/C16H24N2O3/c1-12-5-6-13(2)15(11-12)18(14(3)19)9-7-16(20)17-8-10-21-4/h5-6,11H,7-10H2,1-4H3,(H,17,20). The number of methoxy groups -OCH3 is 1. The van der Waals surface area contributed by atoms with Gasteiger partial charge in [0.2, 0.25) is 11.8 Å². The molecule has 1 aromatic carbocycles. The van der Waals surface area contributed by atoms with Crippen molar-refractivity contribution < 1.29 is 14.3 Å². The molecule has 5 nitrogen and oxygen atoms in total. The van der Waals surface area contributed by atoms with Crippen molar-refractivity contribution in [2.24, 2.45) is 0 Å². The maximum atomic E-state index is 11.9. The van der Waals surface area contributed by atoms with Crippen molar-refractivity contribution in [3.8, 4) is 0 Å². The molecule has 0 heterocycles. The first kappa shape index (κ1) is 17.2. The van der Waals surface area contributed by atoms with Crippen molar-refractivity contribution in [2.45, 2.75) is 27.2 Å². The highest BCUT2D eigenvalue weighted by atomic mass is 16.5. The van der Waals surface area contributed by atoms with E-state index in [1.165, 1.54) is 6.92 Å². The number of nitrogens with zero attached hydrogens (tertiary/aromatic N) is 1. The van der Waals surface area contributed by atoms with Gasteiger partial charge in [-0.2, -0.15) is 0 Å². The van der Waals surface area contributed by atoms with Crippen LogP contribution in [-0.4, -0.2) is 38.6 Å². The summed E-state index contributed by atoms with van der Waals surface area (Å²) in [5.41, 5.74) is 2.98. The quantitative estimate of drug-likeness (QED) is 0.780. The number of aryl methyl sites for hydroxylation is 2. The van der Waals surface area contributed by atoms with Gasteiger partial charge >= 0.3 is 0 Å². The molecule has 0 atom stereocenters. The largest absolute Gasteiger partial charge is 0.383 e. The second-order valence-electron chi connectivity index (χ2n) is 5.05. The van der Waals surface area contributed by atoms with E-state index in [1.807, 2.05) is 32.0 Å². The highest BCUT2D eigenvalue weighted by Gasteiger charge is 2.15. The first-order valence-electron chi connectivity index (χ1n) is 7.06. The van der Waals surface area contributed by atoms with Crippen LogP contribution in [0.15, 0.2) is 18.2 Å². The van der Waals surface area contributed by atoms with E-state index in [9.17, 15) is 9.59 Å². The fourth-order valence-corrected chi connectivity index (χ4v) is 2.05. The molecule has 0 radical (unpaired) electrons. The van der Waals surface area contributed by atoms with Crippen LogP contribution in [0.1, 0.15) is 24.5 Å². The van der Waals surface area contributed by atoms with E-state index >= 15 is 0 Å². The van der Waals surface area contributed by atoms with Gasteiger partial charge in [-0.25, -0.2) is 0 Å². The Labute approximate surface area is 126 Å². The minimum Gasteiger partial charge on any atom is -0.383 e. The van der Waals surface area contributed by atoms with Crippen molar-refractivity contribution in [1.82, 2.24) is 5.32 Å². The lowest BCUT2D eigenvalue weighted by atomic mass is 10.1. The highest BCUT2D eigenvalue weighted by Crippen LogP contribution is 2.22. The second-order valence-corrected chi connectivity index (χ2v) is 5.05. The Morgan fingerprint density at radius 3 is 2.62 bits per heavy atom. The summed E-state index contributed by atoms with van der Waals surface area (Å²) in [4.78, 5) is 25.2. The summed E-state index contributed by atoms with van der Waals surface area (Å²) in [5.74, 6) is -0.142. The van der Waals surface area contributed by atoms with Crippen molar-refractivity contribution >= 4 is 17.5 Å². The van der Waals surface area contributed by atoms with Gasteiger partial charge < -0.3 is 15.0 Å². The average molecular weight is 292 g/mol. The Hall–Kier alpha value is -1.88. The predicted octanol–water partition coefficient (Wildman–Crippen LogP) is 1.81. The smallest absolute Gasteiger partial charge is 0.223 e. The molecule has 1 N–H and O–H groups in total. The zero-order valence-electron chi connectivity index (χ0n) is 13.2. The Bertz CT molecular complexity index is 500. The summed E-state index contributed by atoms with van der Waals surface area (Å²) in [6.07, 6.45) is 0.274. The van der Waals surface area contributed by atoms with E-state index in [0.29, 0.717) is 19.7 Å². The van der Waals surface area contributed by atoms with Gasteiger partial charge in [0.1, 0.15) is 0 Å². The number of amides is 2. The van der Waals surface area contributed by atoms with E-state index in [1.54, 1.807) is 12.0 Å². The molecule has 0 saturated carbocycles. The highest BCUT2D eigenvalue weighted by molar-refractivity contribution is 5.93. The molecule has 0 aliphatic heterocycles. The summed E-state index contributed by atoms with van der Waals surface area (Å²) >= 11 is 0. The Morgan fingerprint density at radius 2 is 2.00 bits per heavy atom. The Morgan fingerprint density at radius 1 is 1.29 bits per heavy atom. The molecule has 0 bridgehead atoms. The summed E-state index contributed by atoms with van der Waals surface area (Å²) < 4.78 is 4.88. The molecule has 1 rings (SSSR count). The monoisotopic (exact) mass is 292 g/mol. The third-order valence-corrected chi connectivity index (χ3v) is 3.23. The molecule has 0 spiro atoms. The first-order chi connectivity index (χ1) is 9.95. The lowest BCUT2D eigenvalue weighted by Crippen LogP contribution is -2.35. The van der Waals surface area contributed by atoms with Gasteiger partial charge in [0.15, 0.2) is 0 Å². The van der Waals surface area contributed by atoms with Gasteiger partial charge in [0.05, 0.1) is 6.61 Å². The van der Waals surface area contributed by atoms with E-state index in [-0.39, 0.29) is 18.2 Å². The van der Waals surface area contributed by atoms with Crippen molar-refractivity contribution in [3.05, 3.63) is 29.3 Å². The number of ether oxygens (including phenoxy) is 1. The van der Waals surface area contributed by atoms with E-state index in [4.69, 9.17) is 4.74 Å². The van der Waals surface area contributed by atoms with E-state index in [0.717, 1.165) is 16.8 Å². The number of anilines is 1. The number of carbonyl (C=O) groups is 2. The van der Waals surface area contributed by atoms with Gasteiger partial charge in [-0.15, -0.1) is 0 Å². The minimum atomic E-state index is -0.0800. The Balaban J connectivity index is 2.68. The fraction of sp³-hybridized carbons (Fsp3) is 0.500. The lowest BCUT2D eigenvalue weighted by molar-refractivity contribution is -0.121. The summed E-state index contributed by atoms with van der Waals surface area (Å²) in [6, 6.07) is 5.97. The van der Waals surface area contributed by atoms with E-state index < -0.39 is 0 Å². The maximum Gasteiger partial charge on any atom is 0.223 e. The number of benzene rings is 1. The first-order valence-corrected chi connectivity index (χ1v) is 7.06. The SMILES string of the molecule is COCCNC(=O)CCN(C(C)=O)c1cc(C)ccc1C. The zero-order chi connectivity index (χ0) is 15.8. The number of carbonyl (C=O) groups excluding carboxylic acids is 2. The molecule has 21 heavy (non-hydrogen) atoms. The summed E-state index contributed by atoms with van der Waals surface area (Å²) in [5, 5.41) is 2.75. The second kappa shape index (κ2) is 8.42. The van der Waals surface area contributed by atoms with Crippen LogP contribution in [0.4, 0.5) is 5.69 Å². The molecule has 0 unspecified atom stereocenters. The molecular formula is C16H24N2O3. The van der Waals surface area contributed by atoms with Crippen molar-refractivity contribution in [3.63, 3.8) is 0 Å². The Kier molecular flexibility index (Phi) is 6.88. The van der Waals surface area contributed by atoms with Gasteiger partial charge in [-0.05, 0) is 31.0 Å². The van der Waals surface area contributed by atoms with Crippen LogP contribution in [0.5, 0.6) is 0 Å². The summed E-state index contributed by atoms with van der Waals surface area (Å²) in [6.45, 7) is 6.81. The number of rotatable bonds is 7. The van der Waals surface area contributed by atoms with Crippen LogP contribution in [-0.2, 0) is 14.3 Å². The normalized spacial score (nSPS) is 10.3. The third-order valence-electron chi connectivity index (χ3n) is 3.23. The van der Waals surface area contributed by atoms with Gasteiger partial charge in [0, 0.05) is 39.2 Å². The molecule has 1 aromatic rings. The fourth-order valence-electron chi connectivity index (χ4n) is 2.05. The van der Waals surface area contributed by atoms with Gasteiger partial charge in [-0.3, -0.25) is 9.59 Å². The van der Waals surface area contributed by atoms with Crippen molar-refractivity contribution in [2.75, 3.05) is 31.7 Å². The molecule has 2 amide bonds. The van der Waals surface area contributed by atoms with Crippen LogP contribution < -0.4 is 10.2 Å². The van der Waals surface area contributed by atoms with Crippen LogP contribution in [0.3, 0.4) is 0 Å². The number of hydrogen-bond donors (Lipinski definition) is 1. The third kappa shape index (κ3) is 5.55. The van der Waals surface area contributed by atoms with Gasteiger partial charge in [0.25, 0.3) is 0 Å². The number of nitrogens with one attached hydrogen (secondary N) is 1. The van der Waals surface area contributed by atoms with Crippen molar-refractivity contribution in [1.29, 1.82) is 0 Å². The predicted molar refractivity (Wildman–Crippen MR) is 83.4 cm³/mol. The molecule has 0 fully saturated rings. The molecule has 116 valence electrons. The molecule has 0 aliphatic carbocycles. The molecule has 0 aliphatic rings. The van der Waals surface area contributed by atoms with Crippen LogP contribution >= 0.6 is 0 Å². The summed E-state index contributed by atoms with van der Waals surface area (Å²) in [7, 11) is 1.59. The molecular weight excluding hydrogens is 268 g/mol. The van der Waals surface area contributed by atoms with Gasteiger partial charge in [-0.1, -0.05) is 12.1 Å². The topological polar surface area (TPSA) is 58.6 Å². The maximum absolute atomic E-state index is 11.9. The van der Waals surface area contributed by atoms with Crippen LogP contribution in [0, 0.1) is 13.8 Å². The molecule has 0 saturated heterocycles. The van der Waals surface area contributed by atoms with Crippen LogP contribution in [0.25, 0.3) is 0 Å². The average Bonchev–Trinajstić information content (AvgIpc) is 2.42. The molecule has 0 aromatic heterocycles. The molecule has 5 heteroatoms. The van der Waals surface area contributed by atoms with E-state index in [2.05, 4.69) is 5.32 Å². The number of hydrogen-bond acceptors (Lipinski definition) is 3. The minimum absolute atomic E-state index is 0.0617.